The number of benzene rings is 1. The maximum atomic E-state index is 13.2. The van der Waals surface area contributed by atoms with Crippen LogP contribution in [0, 0.1) is 5.82 Å². The third kappa shape index (κ3) is 1.96. The van der Waals surface area contributed by atoms with E-state index in [0.717, 1.165) is 0 Å². The van der Waals surface area contributed by atoms with Crippen molar-refractivity contribution in [3.63, 3.8) is 0 Å². The van der Waals surface area contributed by atoms with E-state index in [1.54, 1.807) is 13.1 Å². The third-order valence-electron chi connectivity index (χ3n) is 1.97. The molecule has 1 aromatic rings. The molecule has 0 heterocycles. The second kappa shape index (κ2) is 4.20. The van der Waals surface area contributed by atoms with E-state index in [1.807, 2.05) is 0 Å². The molecule has 0 aliphatic heterocycles. The van der Waals surface area contributed by atoms with Crippen LogP contribution in [0.5, 0.6) is 0 Å². The van der Waals surface area contributed by atoms with Crippen LogP contribution < -0.4 is 11.1 Å². The highest BCUT2D eigenvalue weighted by atomic mass is 19.1. The van der Waals surface area contributed by atoms with Crippen LogP contribution in [0.15, 0.2) is 18.2 Å². The van der Waals surface area contributed by atoms with Gasteiger partial charge in [0, 0.05) is 11.3 Å². The predicted molar refractivity (Wildman–Crippen MR) is 49.7 cm³/mol. The van der Waals surface area contributed by atoms with Gasteiger partial charge in [0.2, 0.25) is 0 Å². The Morgan fingerprint density at radius 3 is 2.77 bits per heavy atom. The molecule has 3 nitrogen and oxygen atoms in total. The number of aliphatic hydroxyl groups excluding tert-OH is 1. The molecule has 0 unspecified atom stereocenters. The molecular weight excluding hydrogens is 171 g/mol. The molecule has 0 amide bonds. The Morgan fingerprint density at radius 2 is 2.31 bits per heavy atom. The molecule has 4 heteroatoms. The predicted octanol–water partition coefficient (Wildman–Crippen LogP) is 0.661. The summed E-state index contributed by atoms with van der Waals surface area (Å²) in [5, 5.41) is 11.7. The molecule has 0 saturated carbocycles. The van der Waals surface area contributed by atoms with Crippen molar-refractivity contribution in [3.05, 3.63) is 29.6 Å². The highest BCUT2D eigenvalue weighted by molar-refractivity contribution is 5.49. The van der Waals surface area contributed by atoms with Gasteiger partial charge in [-0.15, -0.1) is 0 Å². The van der Waals surface area contributed by atoms with Crippen LogP contribution in [0.2, 0.25) is 0 Å². The lowest BCUT2D eigenvalue weighted by Gasteiger charge is -2.16. The zero-order valence-electron chi connectivity index (χ0n) is 7.42. The molecule has 0 aliphatic carbocycles. The monoisotopic (exact) mass is 184 g/mol. The Bertz CT molecular complexity index is 267. The van der Waals surface area contributed by atoms with Gasteiger partial charge in [0.1, 0.15) is 5.82 Å². The van der Waals surface area contributed by atoms with Gasteiger partial charge in [0.05, 0.1) is 12.6 Å². The lowest BCUT2D eigenvalue weighted by molar-refractivity contribution is 0.248. The summed E-state index contributed by atoms with van der Waals surface area (Å²) < 4.78 is 13.2. The van der Waals surface area contributed by atoms with E-state index >= 15 is 0 Å². The zero-order chi connectivity index (χ0) is 9.84. The quantitative estimate of drug-likeness (QED) is 0.605. The van der Waals surface area contributed by atoms with Gasteiger partial charge in [-0.3, -0.25) is 0 Å². The SMILES string of the molecule is CN[C@@H](CO)c1c(N)cccc1F. The number of rotatable bonds is 3. The Balaban J connectivity index is 3.10. The number of nitrogen functional groups attached to an aromatic ring is 1. The van der Waals surface area contributed by atoms with Crippen LogP contribution >= 0.6 is 0 Å². The maximum absolute atomic E-state index is 13.2. The standard InChI is InChI=1S/C9H13FN2O/c1-12-8(5-13)9-6(10)3-2-4-7(9)11/h2-4,8,12-13H,5,11H2,1H3/t8-/m0/s1. The Morgan fingerprint density at radius 1 is 1.62 bits per heavy atom. The zero-order valence-corrected chi connectivity index (χ0v) is 7.42. The molecule has 13 heavy (non-hydrogen) atoms. The van der Waals surface area contributed by atoms with Crippen LogP contribution in [0.25, 0.3) is 0 Å². The Hall–Kier alpha value is -1.13. The van der Waals surface area contributed by atoms with Crippen molar-refractivity contribution >= 4 is 5.69 Å². The minimum atomic E-state index is -0.443. The maximum Gasteiger partial charge on any atom is 0.130 e. The molecule has 0 bridgehead atoms. The molecule has 1 atom stereocenters. The van der Waals surface area contributed by atoms with E-state index in [0.29, 0.717) is 11.3 Å². The molecule has 1 aromatic carbocycles. The normalized spacial score (nSPS) is 12.8. The van der Waals surface area contributed by atoms with E-state index in [2.05, 4.69) is 5.32 Å². The van der Waals surface area contributed by atoms with E-state index < -0.39 is 11.9 Å². The van der Waals surface area contributed by atoms with Crippen molar-refractivity contribution in [1.29, 1.82) is 0 Å². The molecule has 4 N–H and O–H groups in total. The first-order valence-corrected chi connectivity index (χ1v) is 4.02. The van der Waals surface area contributed by atoms with Gasteiger partial charge in [0.25, 0.3) is 0 Å². The van der Waals surface area contributed by atoms with Crippen LogP contribution in [0.3, 0.4) is 0 Å². The van der Waals surface area contributed by atoms with Crippen LogP contribution in [-0.2, 0) is 0 Å². The summed E-state index contributed by atoms with van der Waals surface area (Å²) in [7, 11) is 1.65. The summed E-state index contributed by atoms with van der Waals surface area (Å²) in [4.78, 5) is 0. The van der Waals surface area contributed by atoms with Gasteiger partial charge >= 0.3 is 0 Å². The molecule has 0 saturated heterocycles. The molecular formula is C9H13FN2O. The fourth-order valence-electron chi connectivity index (χ4n) is 1.25. The summed E-state index contributed by atoms with van der Waals surface area (Å²) in [6.45, 7) is -0.179. The van der Waals surface area contributed by atoms with Crippen LogP contribution in [-0.4, -0.2) is 18.8 Å². The first-order chi connectivity index (χ1) is 6.20. The lowest BCUT2D eigenvalue weighted by Crippen LogP contribution is -2.22. The highest BCUT2D eigenvalue weighted by Crippen LogP contribution is 2.22. The minimum Gasteiger partial charge on any atom is -0.398 e. The first-order valence-electron chi connectivity index (χ1n) is 4.02. The molecule has 0 fully saturated rings. The summed E-state index contributed by atoms with van der Waals surface area (Å²) in [5.41, 5.74) is 6.26. The van der Waals surface area contributed by atoms with Gasteiger partial charge in [-0.05, 0) is 19.2 Å². The highest BCUT2D eigenvalue weighted by Gasteiger charge is 2.15. The van der Waals surface area contributed by atoms with Gasteiger partial charge < -0.3 is 16.2 Å². The first kappa shape index (κ1) is 9.95. The van der Waals surface area contributed by atoms with Crippen LogP contribution in [0.1, 0.15) is 11.6 Å². The average Bonchev–Trinajstić information content (AvgIpc) is 2.11. The molecule has 0 aliphatic rings. The number of hydrogen-bond donors (Lipinski definition) is 3. The summed E-state index contributed by atoms with van der Waals surface area (Å²) in [6, 6.07) is 4.03. The van der Waals surface area contributed by atoms with Crippen molar-refractivity contribution in [2.75, 3.05) is 19.4 Å². The van der Waals surface area contributed by atoms with Crippen LogP contribution in [0.4, 0.5) is 10.1 Å². The lowest BCUT2D eigenvalue weighted by atomic mass is 10.1. The fraction of sp³-hybridized carbons (Fsp3) is 0.333. The number of nitrogens with two attached hydrogens (primary N) is 1. The molecule has 72 valence electrons. The van der Waals surface area contributed by atoms with Gasteiger partial charge in [0.15, 0.2) is 0 Å². The fourth-order valence-corrected chi connectivity index (χ4v) is 1.25. The van der Waals surface area contributed by atoms with E-state index in [1.165, 1.54) is 12.1 Å². The van der Waals surface area contributed by atoms with Gasteiger partial charge in [-0.2, -0.15) is 0 Å². The third-order valence-corrected chi connectivity index (χ3v) is 1.97. The Kier molecular flexibility index (Phi) is 3.22. The molecule has 0 aromatic heterocycles. The van der Waals surface area contributed by atoms with Gasteiger partial charge in [-0.1, -0.05) is 6.07 Å². The number of halogens is 1. The minimum absolute atomic E-state index is 0.179. The van der Waals surface area contributed by atoms with Crippen molar-refractivity contribution in [2.24, 2.45) is 0 Å². The van der Waals surface area contributed by atoms with Crippen molar-refractivity contribution in [1.82, 2.24) is 5.32 Å². The summed E-state index contributed by atoms with van der Waals surface area (Å²) in [5.74, 6) is -0.395. The van der Waals surface area contributed by atoms with Crippen molar-refractivity contribution in [3.8, 4) is 0 Å². The Labute approximate surface area is 76.4 Å². The topological polar surface area (TPSA) is 58.3 Å². The molecule has 1 rings (SSSR count). The van der Waals surface area contributed by atoms with E-state index in [4.69, 9.17) is 10.8 Å². The molecule has 0 spiro atoms. The largest absolute Gasteiger partial charge is 0.398 e. The smallest absolute Gasteiger partial charge is 0.130 e. The second-order valence-corrected chi connectivity index (χ2v) is 2.77. The number of likely N-dealkylation sites (N-methyl/N-ethyl adjacent to an activating group) is 1. The summed E-state index contributed by atoms with van der Waals surface area (Å²) >= 11 is 0. The number of aliphatic hydroxyl groups is 1. The van der Waals surface area contributed by atoms with E-state index in [-0.39, 0.29) is 6.61 Å². The van der Waals surface area contributed by atoms with E-state index in [9.17, 15) is 4.39 Å². The average molecular weight is 184 g/mol. The molecule has 0 radical (unpaired) electrons. The number of hydrogen-bond acceptors (Lipinski definition) is 3. The van der Waals surface area contributed by atoms with Crippen molar-refractivity contribution in [2.45, 2.75) is 6.04 Å². The summed E-state index contributed by atoms with van der Waals surface area (Å²) in [6.07, 6.45) is 0. The number of anilines is 1. The van der Waals surface area contributed by atoms with Gasteiger partial charge in [-0.25, -0.2) is 4.39 Å². The second-order valence-electron chi connectivity index (χ2n) is 2.77. The van der Waals surface area contributed by atoms with Crippen molar-refractivity contribution < 1.29 is 9.50 Å². The number of nitrogens with one attached hydrogen (secondary N) is 1.